The van der Waals surface area contributed by atoms with E-state index in [2.05, 4.69) is 15.2 Å². The predicted molar refractivity (Wildman–Crippen MR) is 93.2 cm³/mol. The van der Waals surface area contributed by atoms with Gasteiger partial charge >= 0.3 is 0 Å². The van der Waals surface area contributed by atoms with Crippen molar-refractivity contribution in [1.82, 2.24) is 19.5 Å². The third-order valence-electron chi connectivity index (χ3n) is 5.46. The number of nitrogens with one attached hydrogen (secondary N) is 1. The van der Waals surface area contributed by atoms with E-state index in [1.165, 1.54) is 6.42 Å². The largest absolute Gasteiger partial charge is 0.261 e. The SMILES string of the molecule is O=S(=O)(C1CCCCC1)N1CCC[C@H](c2ccc3cn[nH]c3n2)C1. The van der Waals surface area contributed by atoms with E-state index in [9.17, 15) is 8.42 Å². The Bertz CT molecular complexity index is 811. The van der Waals surface area contributed by atoms with Crippen LogP contribution in [0.15, 0.2) is 18.3 Å². The number of hydrogen-bond donors (Lipinski definition) is 1. The number of rotatable bonds is 3. The minimum Gasteiger partial charge on any atom is -0.261 e. The number of sulfonamides is 1. The highest BCUT2D eigenvalue weighted by molar-refractivity contribution is 7.89. The third kappa shape index (κ3) is 2.95. The predicted octanol–water partition coefficient (Wildman–Crippen LogP) is 2.80. The van der Waals surface area contributed by atoms with Gasteiger partial charge in [-0.2, -0.15) is 5.10 Å². The lowest BCUT2D eigenvalue weighted by molar-refractivity contribution is 0.305. The van der Waals surface area contributed by atoms with Gasteiger partial charge in [-0.3, -0.25) is 5.10 Å². The summed E-state index contributed by atoms with van der Waals surface area (Å²) in [6, 6.07) is 4.02. The Balaban J connectivity index is 1.54. The zero-order chi connectivity index (χ0) is 16.6. The summed E-state index contributed by atoms with van der Waals surface area (Å²) >= 11 is 0. The van der Waals surface area contributed by atoms with Crippen LogP contribution in [0.4, 0.5) is 0 Å². The van der Waals surface area contributed by atoms with Crippen molar-refractivity contribution in [1.29, 1.82) is 0 Å². The minimum absolute atomic E-state index is 0.171. The molecule has 0 bridgehead atoms. The monoisotopic (exact) mass is 348 g/mol. The van der Waals surface area contributed by atoms with Crippen molar-refractivity contribution < 1.29 is 8.42 Å². The summed E-state index contributed by atoms with van der Waals surface area (Å²) in [5, 5.41) is 7.72. The van der Waals surface area contributed by atoms with Crippen molar-refractivity contribution in [3.8, 4) is 0 Å². The fourth-order valence-corrected chi connectivity index (χ4v) is 6.18. The van der Waals surface area contributed by atoms with Crippen LogP contribution in [-0.4, -0.2) is 46.2 Å². The number of aromatic amines is 1. The second kappa shape index (κ2) is 6.44. The number of nitrogens with zero attached hydrogens (tertiary/aromatic N) is 3. The summed E-state index contributed by atoms with van der Waals surface area (Å²) in [5.74, 6) is 0.171. The van der Waals surface area contributed by atoms with Gasteiger partial charge in [0.1, 0.15) is 0 Å². The van der Waals surface area contributed by atoms with Crippen LogP contribution >= 0.6 is 0 Å². The molecule has 0 unspecified atom stereocenters. The summed E-state index contributed by atoms with van der Waals surface area (Å²) < 4.78 is 27.7. The molecule has 1 aliphatic carbocycles. The molecule has 1 saturated carbocycles. The quantitative estimate of drug-likeness (QED) is 0.925. The van der Waals surface area contributed by atoms with Crippen LogP contribution in [0, 0.1) is 0 Å². The number of hydrogen-bond acceptors (Lipinski definition) is 4. The van der Waals surface area contributed by atoms with Gasteiger partial charge in [-0.05, 0) is 37.8 Å². The molecule has 2 fully saturated rings. The number of aromatic nitrogens is 3. The van der Waals surface area contributed by atoms with Gasteiger partial charge in [0.05, 0.1) is 11.4 Å². The van der Waals surface area contributed by atoms with Gasteiger partial charge in [0.15, 0.2) is 5.65 Å². The molecule has 1 atom stereocenters. The fourth-order valence-electron chi connectivity index (χ4n) is 4.06. The molecule has 0 aromatic carbocycles. The molecule has 0 spiro atoms. The number of H-pyrrole nitrogens is 1. The molecule has 1 saturated heterocycles. The van der Waals surface area contributed by atoms with Crippen molar-refractivity contribution in [2.24, 2.45) is 0 Å². The van der Waals surface area contributed by atoms with E-state index in [4.69, 9.17) is 0 Å². The molecule has 6 nitrogen and oxygen atoms in total. The molecule has 24 heavy (non-hydrogen) atoms. The average Bonchev–Trinajstić information content (AvgIpc) is 3.10. The minimum atomic E-state index is -3.17. The van der Waals surface area contributed by atoms with Gasteiger partial charge < -0.3 is 0 Å². The highest BCUT2D eigenvalue weighted by atomic mass is 32.2. The van der Waals surface area contributed by atoms with Gasteiger partial charge in [0, 0.05) is 30.1 Å². The van der Waals surface area contributed by atoms with E-state index >= 15 is 0 Å². The maximum atomic E-state index is 13.0. The van der Waals surface area contributed by atoms with E-state index in [1.807, 2.05) is 12.1 Å². The first kappa shape index (κ1) is 16.0. The summed E-state index contributed by atoms with van der Waals surface area (Å²) in [6.45, 7) is 1.22. The summed E-state index contributed by atoms with van der Waals surface area (Å²) in [5.41, 5.74) is 1.75. The zero-order valence-corrected chi connectivity index (χ0v) is 14.6. The molecule has 2 aromatic rings. The lowest BCUT2D eigenvalue weighted by Gasteiger charge is -2.35. The van der Waals surface area contributed by atoms with Crippen molar-refractivity contribution in [2.45, 2.75) is 56.1 Å². The molecule has 1 N–H and O–H groups in total. The van der Waals surface area contributed by atoms with Crippen LogP contribution in [0.2, 0.25) is 0 Å². The fraction of sp³-hybridized carbons (Fsp3) is 0.647. The first-order valence-electron chi connectivity index (χ1n) is 8.93. The van der Waals surface area contributed by atoms with E-state index < -0.39 is 10.0 Å². The van der Waals surface area contributed by atoms with Gasteiger partial charge in [-0.25, -0.2) is 17.7 Å². The zero-order valence-electron chi connectivity index (χ0n) is 13.8. The number of fused-ring (bicyclic) bond motifs is 1. The van der Waals surface area contributed by atoms with Gasteiger partial charge in [-0.15, -0.1) is 0 Å². The smallest absolute Gasteiger partial charge is 0.217 e. The van der Waals surface area contributed by atoms with Crippen LogP contribution < -0.4 is 0 Å². The molecule has 130 valence electrons. The van der Waals surface area contributed by atoms with E-state index in [0.29, 0.717) is 13.1 Å². The summed E-state index contributed by atoms with van der Waals surface area (Å²) in [4.78, 5) is 4.65. The molecule has 4 rings (SSSR count). The van der Waals surface area contributed by atoms with Crippen LogP contribution in [0.1, 0.15) is 56.6 Å². The Kier molecular flexibility index (Phi) is 4.30. The number of piperidine rings is 1. The molecule has 2 aliphatic rings. The van der Waals surface area contributed by atoms with Crippen molar-refractivity contribution in [3.05, 3.63) is 24.0 Å². The van der Waals surface area contributed by atoms with Crippen molar-refractivity contribution >= 4 is 21.1 Å². The normalized spacial score (nSPS) is 24.4. The van der Waals surface area contributed by atoms with Gasteiger partial charge in [-0.1, -0.05) is 19.3 Å². The molecule has 1 aliphatic heterocycles. The second-order valence-corrected chi connectivity index (χ2v) is 9.26. The maximum Gasteiger partial charge on any atom is 0.217 e. The van der Waals surface area contributed by atoms with Crippen LogP contribution in [0.3, 0.4) is 0 Å². The molecular formula is C17H24N4O2S. The molecular weight excluding hydrogens is 324 g/mol. The molecule has 0 radical (unpaired) electrons. The summed E-state index contributed by atoms with van der Waals surface area (Å²) in [7, 11) is -3.17. The van der Waals surface area contributed by atoms with Gasteiger partial charge in [0.2, 0.25) is 10.0 Å². The van der Waals surface area contributed by atoms with Gasteiger partial charge in [0.25, 0.3) is 0 Å². The molecule has 0 amide bonds. The molecule has 3 heterocycles. The Morgan fingerprint density at radius 3 is 2.75 bits per heavy atom. The van der Waals surface area contributed by atoms with Crippen LogP contribution in [-0.2, 0) is 10.0 Å². The maximum absolute atomic E-state index is 13.0. The number of pyridine rings is 1. The van der Waals surface area contributed by atoms with Crippen molar-refractivity contribution in [3.63, 3.8) is 0 Å². The van der Waals surface area contributed by atoms with Crippen molar-refractivity contribution in [2.75, 3.05) is 13.1 Å². The highest BCUT2D eigenvalue weighted by Gasteiger charge is 2.36. The first-order valence-corrected chi connectivity index (χ1v) is 10.4. The van der Waals surface area contributed by atoms with Crippen LogP contribution in [0.25, 0.3) is 11.0 Å². The summed E-state index contributed by atoms with van der Waals surface area (Å²) in [6.07, 6.45) is 8.54. The molecule has 7 heteroatoms. The third-order valence-corrected chi connectivity index (χ3v) is 7.82. The average molecular weight is 348 g/mol. The first-order chi connectivity index (χ1) is 11.6. The Labute approximate surface area is 142 Å². The van der Waals surface area contributed by atoms with Crippen LogP contribution in [0.5, 0.6) is 0 Å². The lowest BCUT2D eigenvalue weighted by Crippen LogP contribution is -2.44. The van der Waals surface area contributed by atoms with E-state index in [1.54, 1.807) is 10.5 Å². The molecule has 2 aromatic heterocycles. The van der Waals surface area contributed by atoms with E-state index in [-0.39, 0.29) is 11.2 Å². The Hall–Kier alpha value is -1.47. The second-order valence-electron chi connectivity index (χ2n) is 7.05. The highest BCUT2D eigenvalue weighted by Crippen LogP contribution is 2.32. The lowest BCUT2D eigenvalue weighted by atomic mass is 9.95. The van der Waals surface area contributed by atoms with E-state index in [0.717, 1.165) is 55.3 Å². The Morgan fingerprint density at radius 1 is 1.08 bits per heavy atom. The standard InChI is InChI=1S/C17H24N4O2S/c22-24(23,15-6-2-1-3-7-15)21-10-4-5-14(12-21)16-9-8-13-11-18-20-17(13)19-16/h8-9,11,14-15H,1-7,10,12H2,(H,18,19,20)/t14-/m0/s1. The Morgan fingerprint density at radius 2 is 1.92 bits per heavy atom. The topological polar surface area (TPSA) is 79.0 Å².